The molecule has 1 atom stereocenters. The summed E-state index contributed by atoms with van der Waals surface area (Å²) in [5, 5.41) is 9.04. The predicted molar refractivity (Wildman–Crippen MR) is 146 cm³/mol. The number of ether oxygens (including phenoxy) is 3. The Hall–Kier alpha value is -0.290. The number of phenolic OH excluding ortho intramolecular Hbond substituents is 1. The maximum atomic E-state index is 9.04. The Morgan fingerprint density at radius 2 is 1.45 bits per heavy atom. The highest BCUT2D eigenvalue weighted by Gasteiger charge is 2.16. The van der Waals surface area contributed by atoms with Crippen LogP contribution in [0.15, 0.2) is 36.4 Å². The minimum Gasteiger partial charge on any atom is -0.507 e. The van der Waals surface area contributed by atoms with Gasteiger partial charge in [-0.2, -0.15) is 0 Å². The van der Waals surface area contributed by atoms with Gasteiger partial charge in [-0.1, -0.05) is 12.1 Å². The standard InChI is InChI=1S/C12H15IO2.C7H7IO.C5H10O.ClH/c1-9-5-6-11(10(13)8-9)15-12-4-2-3-7-14-12;1-5-2-3-7(9)6(8)4-5;1-2-4-6-5-3-1;/h5-6,8,12H,2-4,7H2,1H3;2-4,9H,1H3;1-5H2;1H. The van der Waals surface area contributed by atoms with Gasteiger partial charge >= 0.3 is 0 Å². The van der Waals surface area contributed by atoms with Gasteiger partial charge in [-0.05, 0) is 127 Å². The van der Waals surface area contributed by atoms with Crippen LogP contribution in [0.2, 0.25) is 0 Å². The molecule has 4 rings (SSSR count). The number of phenols is 1. The quantitative estimate of drug-likeness (QED) is 0.337. The lowest BCUT2D eigenvalue weighted by Gasteiger charge is -2.24. The highest BCUT2D eigenvalue weighted by Crippen LogP contribution is 2.25. The van der Waals surface area contributed by atoms with E-state index in [9.17, 15) is 0 Å². The molecule has 0 bridgehead atoms. The zero-order chi connectivity index (χ0) is 21.8. The molecule has 1 N–H and O–H groups in total. The summed E-state index contributed by atoms with van der Waals surface area (Å²) >= 11 is 4.40. The first-order valence-corrected chi connectivity index (χ1v) is 12.7. The number of rotatable bonds is 2. The first kappa shape index (κ1) is 28.7. The summed E-state index contributed by atoms with van der Waals surface area (Å²) in [6, 6.07) is 11.7. The van der Waals surface area contributed by atoms with Crippen molar-refractivity contribution in [1.29, 1.82) is 0 Å². The molecule has 0 saturated carbocycles. The summed E-state index contributed by atoms with van der Waals surface area (Å²) in [7, 11) is 0. The molecule has 2 aliphatic rings. The van der Waals surface area contributed by atoms with Gasteiger partial charge in [0, 0.05) is 19.6 Å². The molecule has 0 aliphatic carbocycles. The molecule has 2 fully saturated rings. The van der Waals surface area contributed by atoms with Gasteiger partial charge in [0.1, 0.15) is 11.5 Å². The lowest BCUT2D eigenvalue weighted by Crippen LogP contribution is -2.25. The molecule has 2 aliphatic heterocycles. The van der Waals surface area contributed by atoms with Crippen LogP contribution in [0.25, 0.3) is 0 Å². The van der Waals surface area contributed by atoms with Crippen molar-refractivity contribution >= 4 is 57.6 Å². The monoisotopic (exact) mass is 674 g/mol. The van der Waals surface area contributed by atoms with Crippen LogP contribution in [0.5, 0.6) is 11.5 Å². The maximum Gasteiger partial charge on any atom is 0.199 e. The SMILES string of the molecule is C1CCOCC1.Cc1ccc(O)c(I)c1.Cc1ccc(OC2CCCCO2)c(I)c1.Cl. The van der Waals surface area contributed by atoms with E-state index in [1.165, 1.54) is 36.8 Å². The molecular formula is C24H33ClI2O4. The van der Waals surface area contributed by atoms with Gasteiger partial charge in [-0.15, -0.1) is 12.4 Å². The van der Waals surface area contributed by atoms with E-state index < -0.39 is 0 Å². The molecule has 0 spiro atoms. The Morgan fingerprint density at radius 3 is 1.90 bits per heavy atom. The van der Waals surface area contributed by atoms with Crippen molar-refractivity contribution in [2.45, 2.75) is 58.7 Å². The third-order valence-electron chi connectivity index (χ3n) is 4.66. The Labute approximate surface area is 220 Å². The van der Waals surface area contributed by atoms with Crippen LogP contribution in [0.3, 0.4) is 0 Å². The van der Waals surface area contributed by atoms with Crippen LogP contribution in [-0.2, 0) is 9.47 Å². The molecule has 0 aromatic heterocycles. The molecule has 7 heteroatoms. The molecule has 2 heterocycles. The van der Waals surface area contributed by atoms with Crippen LogP contribution in [0.1, 0.15) is 49.7 Å². The molecule has 2 saturated heterocycles. The van der Waals surface area contributed by atoms with Gasteiger partial charge < -0.3 is 19.3 Å². The van der Waals surface area contributed by atoms with Crippen LogP contribution >= 0.6 is 57.6 Å². The fraction of sp³-hybridized carbons (Fsp3) is 0.500. The molecule has 31 heavy (non-hydrogen) atoms. The van der Waals surface area contributed by atoms with E-state index in [1.54, 1.807) is 6.07 Å². The second-order valence-electron chi connectivity index (χ2n) is 7.48. The van der Waals surface area contributed by atoms with Crippen molar-refractivity contribution in [3.63, 3.8) is 0 Å². The van der Waals surface area contributed by atoms with Crippen molar-refractivity contribution in [3.8, 4) is 11.5 Å². The second kappa shape index (κ2) is 16.3. The molecule has 0 radical (unpaired) electrons. The van der Waals surface area contributed by atoms with Gasteiger partial charge in [0.05, 0.1) is 13.7 Å². The Balaban J connectivity index is 0.000000256. The molecule has 0 amide bonds. The van der Waals surface area contributed by atoms with E-state index in [-0.39, 0.29) is 18.7 Å². The van der Waals surface area contributed by atoms with E-state index in [1.807, 2.05) is 25.1 Å². The highest BCUT2D eigenvalue weighted by atomic mass is 127. The lowest BCUT2D eigenvalue weighted by atomic mass is 10.2. The summed E-state index contributed by atoms with van der Waals surface area (Å²) in [5.41, 5.74) is 2.44. The smallest absolute Gasteiger partial charge is 0.199 e. The largest absolute Gasteiger partial charge is 0.507 e. The zero-order valence-electron chi connectivity index (χ0n) is 18.2. The van der Waals surface area contributed by atoms with E-state index in [4.69, 9.17) is 19.3 Å². The number of aryl methyl sites for hydroxylation is 2. The van der Waals surface area contributed by atoms with E-state index in [0.717, 1.165) is 45.6 Å². The Bertz CT molecular complexity index is 752. The van der Waals surface area contributed by atoms with E-state index in [0.29, 0.717) is 5.75 Å². The van der Waals surface area contributed by atoms with E-state index >= 15 is 0 Å². The number of halogens is 3. The maximum absolute atomic E-state index is 9.04. The number of benzene rings is 2. The Morgan fingerprint density at radius 1 is 0.839 bits per heavy atom. The summed E-state index contributed by atoms with van der Waals surface area (Å²) in [6.07, 6.45) is 7.25. The number of hydrogen-bond donors (Lipinski definition) is 1. The number of aromatic hydroxyl groups is 1. The topological polar surface area (TPSA) is 47.9 Å². The minimum atomic E-state index is -0.0463. The number of hydrogen-bond acceptors (Lipinski definition) is 4. The zero-order valence-corrected chi connectivity index (χ0v) is 23.4. The van der Waals surface area contributed by atoms with Crippen LogP contribution < -0.4 is 4.74 Å². The van der Waals surface area contributed by atoms with Crippen molar-refractivity contribution in [2.75, 3.05) is 19.8 Å². The van der Waals surface area contributed by atoms with Gasteiger partial charge in [0.2, 0.25) is 0 Å². The van der Waals surface area contributed by atoms with Gasteiger partial charge in [-0.3, -0.25) is 0 Å². The lowest BCUT2D eigenvalue weighted by molar-refractivity contribution is -0.106. The van der Waals surface area contributed by atoms with Gasteiger partial charge in [0.15, 0.2) is 6.29 Å². The molecular weight excluding hydrogens is 642 g/mol. The fourth-order valence-corrected chi connectivity index (χ4v) is 4.42. The molecule has 2 aromatic rings. The average Bonchev–Trinajstić information content (AvgIpc) is 2.76. The van der Waals surface area contributed by atoms with E-state index in [2.05, 4.69) is 64.2 Å². The van der Waals surface area contributed by atoms with Gasteiger partial charge in [0.25, 0.3) is 0 Å². The highest BCUT2D eigenvalue weighted by molar-refractivity contribution is 14.1. The average molecular weight is 675 g/mol. The van der Waals surface area contributed by atoms with Gasteiger partial charge in [-0.25, -0.2) is 0 Å². The third-order valence-corrected chi connectivity index (χ3v) is 6.37. The Kier molecular flexibility index (Phi) is 15.2. The molecule has 1 unspecified atom stereocenters. The summed E-state index contributed by atoms with van der Waals surface area (Å²) in [6.45, 7) is 6.91. The van der Waals surface area contributed by atoms with Crippen LogP contribution in [-0.4, -0.2) is 31.2 Å². The van der Waals surface area contributed by atoms with Crippen LogP contribution in [0.4, 0.5) is 0 Å². The first-order chi connectivity index (χ1) is 14.5. The minimum absolute atomic E-state index is 0. The first-order valence-electron chi connectivity index (χ1n) is 10.5. The predicted octanol–water partition coefficient (Wildman–Crippen LogP) is 7.42. The summed E-state index contributed by atoms with van der Waals surface area (Å²) in [5.74, 6) is 1.30. The molecule has 2 aromatic carbocycles. The van der Waals surface area contributed by atoms with Crippen molar-refractivity contribution in [3.05, 3.63) is 54.7 Å². The summed E-state index contributed by atoms with van der Waals surface area (Å²) < 4.78 is 18.5. The second-order valence-corrected chi connectivity index (χ2v) is 9.80. The molecule has 4 nitrogen and oxygen atoms in total. The van der Waals surface area contributed by atoms with Crippen molar-refractivity contribution < 1.29 is 19.3 Å². The van der Waals surface area contributed by atoms with Crippen LogP contribution in [0, 0.1) is 21.0 Å². The third kappa shape index (κ3) is 11.9. The normalized spacial score (nSPS) is 17.7. The van der Waals surface area contributed by atoms with Crippen molar-refractivity contribution in [2.24, 2.45) is 0 Å². The molecule has 174 valence electrons. The van der Waals surface area contributed by atoms with Crippen molar-refractivity contribution in [1.82, 2.24) is 0 Å². The fourth-order valence-electron chi connectivity index (χ4n) is 2.95. The summed E-state index contributed by atoms with van der Waals surface area (Å²) in [4.78, 5) is 0.